The van der Waals surface area contributed by atoms with Crippen LogP contribution in [0.5, 0.6) is 0 Å². The first kappa shape index (κ1) is 14.5. The maximum Gasteiger partial charge on any atom is 0.0483 e. The second-order valence-corrected chi connectivity index (χ2v) is 4.36. The molecule has 1 aromatic rings. The molecule has 2 heteroatoms. The molecule has 0 saturated carbocycles. The number of rotatable bonds is 6. The third-order valence-corrected chi connectivity index (χ3v) is 3.19. The normalized spacial score (nSPS) is 14.4. The molecule has 0 spiro atoms. The van der Waals surface area contributed by atoms with Gasteiger partial charge in [-0.2, -0.15) is 0 Å². The molecule has 0 aromatic heterocycles. The second-order valence-electron chi connectivity index (χ2n) is 4.36. The van der Waals surface area contributed by atoms with Gasteiger partial charge in [0.25, 0.3) is 0 Å². The molecule has 18 heavy (non-hydrogen) atoms. The Kier molecular flexibility index (Phi) is 6.23. The molecule has 0 heterocycles. The molecule has 1 aromatic carbocycles. The highest BCUT2D eigenvalue weighted by Gasteiger charge is 2.08. The molecule has 0 amide bonds. The topological polar surface area (TPSA) is 24.1 Å². The van der Waals surface area contributed by atoms with Crippen molar-refractivity contribution in [3.8, 4) is 0 Å². The average molecular weight is 244 g/mol. The molecule has 0 fully saturated rings. The highest BCUT2D eigenvalue weighted by molar-refractivity contribution is 5.67. The van der Waals surface area contributed by atoms with Crippen LogP contribution in [0.2, 0.25) is 0 Å². The summed E-state index contributed by atoms with van der Waals surface area (Å²) >= 11 is 0. The van der Waals surface area contributed by atoms with Crippen molar-refractivity contribution in [1.82, 2.24) is 10.6 Å². The van der Waals surface area contributed by atoms with E-state index >= 15 is 0 Å². The molecule has 1 unspecified atom stereocenters. The zero-order valence-corrected chi connectivity index (χ0v) is 11.8. The lowest BCUT2D eigenvalue weighted by Gasteiger charge is -2.16. The predicted octanol–water partition coefficient (Wildman–Crippen LogP) is 3.19. The second kappa shape index (κ2) is 7.72. The van der Waals surface area contributed by atoms with Gasteiger partial charge in [-0.15, -0.1) is 0 Å². The minimum absolute atomic E-state index is 0.268. The first-order chi connectivity index (χ1) is 8.70. The van der Waals surface area contributed by atoms with E-state index < -0.39 is 0 Å². The predicted molar refractivity (Wildman–Crippen MR) is 80.4 cm³/mol. The first-order valence-electron chi connectivity index (χ1n) is 6.50. The van der Waals surface area contributed by atoms with Crippen LogP contribution >= 0.6 is 0 Å². The number of hydrogen-bond acceptors (Lipinski definition) is 2. The van der Waals surface area contributed by atoms with Crippen molar-refractivity contribution in [1.29, 1.82) is 0 Å². The van der Waals surface area contributed by atoms with Crippen LogP contribution in [0.25, 0.3) is 5.57 Å². The molecule has 2 nitrogen and oxygen atoms in total. The molecule has 0 aliphatic carbocycles. The smallest absolute Gasteiger partial charge is 0.0483 e. The van der Waals surface area contributed by atoms with Crippen molar-refractivity contribution >= 4 is 5.57 Å². The van der Waals surface area contributed by atoms with Gasteiger partial charge in [0.1, 0.15) is 0 Å². The summed E-state index contributed by atoms with van der Waals surface area (Å²) in [6, 6.07) is 10.8. The van der Waals surface area contributed by atoms with Gasteiger partial charge in [0.15, 0.2) is 0 Å². The summed E-state index contributed by atoms with van der Waals surface area (Å²) in [7, 11) is 1.99. The van der Waals surface area contributed by atoms with Crippen LogP contribution in [0.3, 0.4) is 0 Å². The Hall–Kier alpha value is -1.54. The van der Waals surface area contributed by atoms with E-state index in [2.05, 4.69) is 61.7 Å². The van der Waals surface area contributed by atoms with Gasteiger partial charge in [-0.25, -0.2) is 0 Å². The van der Waals surface area contributed by atoms with Gasteiger partial charge in [0, 0.05) is 12.6 Å². The zero-order valence-electron chi connectivity index (χ0n) is 11.8. The van der Waals surface area contributed by atoms with E-state index in [0.717, 1.165) is 6.54 Å². The molecule has 2 N–H and O–H groups in total. The molecule has 0 aliphatic heterocycles. The van der Waals surface area contributed by atoms with E-state index in [1.165, 1.54) is 16.7 Å². The van der Waals surface area contributed by atoms with Crippen LogP contribution in [-0.4, -0.2) is 19.6 Å². The summed E-state index contributed by atoms with van der Waals surface area (Å²) in [5.41, 5.74) is 3.96. The van der Waals surface area contributed by atoms with E-state index in [1.54, 1.807) is 0 Å². The van der Waals surface area contributed by atoms with Crippen LogP contribution in [0.4, 0.5) is 0 Å². The number of benzene rings is 1. The largest absolute Gasteiger partial charge is 0.391 e. The lowest BCUT2D eigenvalue weighted by Crippen LogP contribution is -2.25. The van der Waals surface area contributed by atoms with Gasteiger partial charge in [-0.05, 0) is 56.8 Å². The van der Waals surface area contributed by atoms with Gasteiger partial charge in [0.2, 0.25) is 0 Å². The lowest BCUT2D eigenvalue weighted by atomic mass is 9.97. The third-order valence-electron chi connectivity index (χ3n) is 3.19. The van der Waals surface area contributed by atoms with E-state index in [9.17, 15) is 0 Å². The Morgan fingerprint density at radius 1 is 1.22 bits per heavy atom. The summed E-state index contributed by atoms with van der Waals surface area (Å²) in [4.78, 5) is 0. The monoisotopic (exact) mass is 244 g/mol. The summed E-state index contributed by atoms with van der Waals surface area (Å²) in [6.45, 7) is 7.40. The Bertz CT molecular complexity index is 404. The fraction of sp³-hybridized carbons (Fsp3) is 0.375. The highest BCUT2D eigenvalue weighted by Crippen LogP contribution is 2.20. The van der Waals surface area contributed by atoms with Gasteiger partial charge in [0.05, 0.1) is 0 Å². The minimum Gasteiger partial charge on any atom is -0.391 e. The molecule has 0 aliphatic rings. The zero-order chi connectivity index (χ0) is 13.4. The summed E-state index contributed by atoms with van der Waals surface area (Å²) in [5, 5.41) is 6.53. The van der Waals surface area contributed by atoms with Gasteiger partial charge in [-0.3, -0.25) is 0 Å². The maximum atomic E-state index is 3.33. The lowest BCUT2D eigenvalue weighted by molar-refractivity contribution is 0.745. The molecule has 0 bridgehead atoms. The number of hydrogen-bond donors (Lipinski definition) is 2. The fourth-order valence-electron chi connectivity index (χ4n) is 1.89. The van der Waals surface area contributed by atoms with Crippen LogP contribution in [0.1, 0.15) is 26.3 Å². The van der Waals surface area contributed by atoms with Crippen LogP contribution < -0.4 is 10.6 Å². The van der Waals surface area contributed by atoms with Gasteiger partial charge < -0.3 is 10.6 Å². The van der Waals surface area contributed by atoms with Crippen molar-refractivity contribution in [2.45, 2.75) is 26.8 Å². The minimum atomic E-state index is 0.268. The molecule has 98 valence electrons. The van der Waals surface area contributed by atoms with Gasteiger partial charge in [-0.1, -0.05) is 30.3 Å². The summed E-state index contributed by atoms with van der Waals surface area (Å²) in [6.07, 6.45) is 4.17. The average Bonchev–Trinajstić information content (AvgIpc) is 2.43. The molecule has 1 rings (SSSR count). The summed E-state index contributed by atoms with van der Waals surface area (Å²) < 4.78 is 0. The molecule has 1 atom stereocenters. The van der Waals surface area contributed by atoms with E-state index in [1.807, 2.05) is 19.3 Å². The Morgan fingerprint density at radius 3 is 2.44 bits per heavy atom. The molecule has 0 radical (unpaired) electrons. The number of nitrogens with one attached hydrogen (secondary N) is 2. The van der Waals surface area contributed by atoms with Crippen LogP contribution in [0.15, 0.2) is 48.2 Å². The molecular weight excluding hydrogens is 220 g/mol. The summed E-state index contributed by atoms with van der Waals surface area (Å²) in [5.74, 6) is 0. The SMILES string of the molecule is CCN/C=C\C(NC)/C(C)=C(/C)c1ccccc1. The van der Waals surface area contributed by atoms with Gasteiger partial charge >= 0.3 is 0 Å². The van der Waals surface area contributed by atoms with Crippen molar-refractivity contribution in [3.05, 3.63) is 53.7 Å². The van der Waals surface area contributed by atoms with Crippen molar-refractivity contribution in [2.75, 3.05) is 13.6 Å². The number of likely N-dealkylation sites (N-methyl/N-ethyl adjacent to an activating group) is 1. The number of allylic oxidation sites excluding steroid dienone is 1. The maximum absolute atomic E-state index is 3.33. The first-order valence-corrected chi connectivity index (χ1v) is 6.50. The quantitative estimate of drug-likeness (QED) is 0.803. The standard InChI is InChI=1S/C16H24N2/c1-5-18-12-11-16(17-4)14(3)13(2)15-9-7-6-8-10-15/h6-12,16-18H,5H2,1-4H3/b12-11-,14-13-. The Balaban J connectivity index is 2.91. The Labute approximate surface area is 111 Å². The Morgan fingerprint density at radius 2 is 1.89 bits per heavy atom. The molecule has 0 saturated heterocycles. The fourth-order valence-corrected chi connectivity index (χ4v) is 1.89. The van der Waals surface area contributed by atoms with Crippen molar-refractivity contribution < 1.29 is 0 Å². The third kappa shape index (κ3) is 4.04. The van der Waals surface area contributed by atoms with Crippen LogP contribution in [0, 0.1) is 0 Å². The highest BCUT2D eigenvalue weighted by atomic mass is 14.9. The van der Waals surface area contributed by atoms with E-state index in [4.69, 9.17) is 0 Å². The van der Waals surface area contributed by atoms with Crippen molar-refractivity contribution in [3.63, 3.8) is 0 Å². The van der Waals surface area contributed by atoms with Crippen LogP contribution in [-0.2, 0) is 0 Å². The molecular formula is C16H24N2. The van der Waals surface area contributed by atoms with E-state index in [-0.39, 0.29) is 6.04 Å². The van der Waals surface area contributed by atoms with E-state index in [0.29, 0.717) is 0 Å². The van der Waals surface area contributed by atoms with Crippen molar-refractivity contribution in [2.24, 2.45) is 0 Å².